The number of ether oxygens (including phenoxy) is 2. The standard InChI is InChI=1S/C12H16N2O5/c1-3-4-7-19-12(15)13-10-6-5-9(14(16)17)8-11(10)18-2/h5-6,8H,3-4,7H2,1-2H3,(H,13,15). The molecule has 104 valence electrons. The summed E-state index contributed by atoms with van der Waals surface area (Å²) in [6, 6.07) is 3.92. The number of unbranched alkanes of at least 4 members (excludes halogenated alkanes) is 1. The lowest BCUT2D eigenvalue weighted by Gasteiger charge is -2.10. The van der Waals surface area contributed by atoms with Gasteiger partial charge in [-0.2, -0.15) is 0 Å². The third-order valence-corrected chi connectivity index (χ3v) is 2.36. The van der Waals surface area contributed by atoms with Gasteiger partial charge in [0.2, 0.25) is 0 Å². The van der Waals surface area contributed by atoms with Crippen LogP contribution in [0.15, 0.2) is 18.2 Å². The van der Waals surface area contributed by atoms with E-state index in [1.807, 2.05) is 6.92 Å². The van der Waals surface area contributed by atoms with E-state index in [-0.39, 0.29) is 11.4 Å². The molecular formula is C12H16N2O5. The van der Waals surface area contributed by atoms with Gasteiger partial charge in [0.25, 0.3) is 5.69 Å². The number of non-ortho nitro benzene ring substituents is 1. The Morgan fingerprint density at radius 3 is 2.79 bits per heavy atom. The van der Waals surface area contributed by atoms with Gasteiger partial charge in [-0.25, -0.2) is 4.79 Å². The summed E-state index contributed by atoms with van der Waals surface area (Å²) in [7, 11) is 1.37. The first-order chi connectivity index (χ1) is 9.08. The van der Waals surface area contributed by atoms with Crippen LogP contribution in [0.1, 0.15) is 19.8 Å². The van der Waals surface area contributed by atoms with Crippen molar-refractivity contribution in [3.63, 3.8) is 0 Å². The molecule has 0 aliphatic carbocycles. The van der Waals surface area contributed by atoms with E-state index in [9.17, 15) is 14.9 Å². The summed E-state index contributed by atoms with van der Waals surface area (Å²) in [4.78, 5) is 21.5. The van der Waals surface area contributed by atoms with E-state index in [1.54, 1.807) is 0 Å². The summed E-state index contributed by atoms with van der Waals surface area (Å²) < 4.78 is 9.91. The van der Waals surface area contributed by atoms with Crippen LogP contribution in [0.4, 0.5) is 16.2 Å². The average molecular weight is 268 g/mol. The van der Waals surface area contributed by atoms with Crippen LogP contribution in [0.3, 0.4) is 0 Å². The van der Waals surface area contributed by atoms with Gasteiger partial charge in [0.1, 0.15) is 5.75 Å². The van der Waals surface area contributed by atoms with Crippen molar-refractivity contribution in [3.8, 4) is 5.75 Å². The zero-order chi connectivity index (χ0) is 14.3. The van der Waals surface area contributed by atoms with Gasteiger partial charge < -0.3 is 9.47 Å². The average Bonchev–Trinajstić information content (AvgIpc) is 2.39. The molecule has 0 atom stereocenters. The van der Waals surface area contributed by atoms with Crippen molar-refractivity contribution < 1.29 is 19.2 Å². The highest BCUT2D eigenvalue weighted by Crippen LogP contribution is 2.28. The lowest BCUT2D eigenvalue weighted by Crippen LogP contribution is -2.15. The van der Waals surface area contributed by atoms with E-state index in [0.717, 1.165) is 12.8 Å². The molecule has 0 saturated carbocycles. The maximum absolute atomic E-state index is 11.5. The second-order valence-corrected chi connectivity index (χ2v) is 3.76. The van der Waals surface area contributed by atoms with Gasteiger partial charge in [0.05, 0.1) is 30.4 Å². The first kappa shape index (κ1) is 14.7. The highest BCUT2D eigenvalue weighted by molar-refractivity contribution is 5.87. The molecule has 0 bridgehead atoms. The van der Waals surface area contributed by atoms with E-state index < -0.39 is 11.0 Å². The maximum Gasteiger partial charge on any atom is 0.411 e. The minimum atomic E-state index is -0.611. The molecule has 0 fully saturated rings. The smallest absolute Gasteiger partial charge is 0.411 e. The Morgan fingerprint density at radius 1 is 1.47 bits per heavy atom. The predicted octanol–water partition coefficient (Wildman–Crippen LogP) is 2.95. The first-order valence-corrected chi connectivity index (χ1v) is 5.84. The Kier molecular flexibility index (Phi) is 5.59. The Bertz CT molecular complexity index is 461. The van der Waals surface area contributed by atoms with Crippen molar-refractivity contribution >= 4 is 17.5 Å². The number of nitrogens with zero attached hydrogens (tertiary/aromatic N) is 1. The van der Waals surface area contributed by atoms with Crippen molar-refractivity contribution in [1.82, 2.24) is 0 Å². The first-order valence-electron chi connectivity index (χ1n) is 5.84. The normalized spacial score (nSPS) is 9.79. The van der Waals surface area contributed by atoms with Crippen LogP contribution < -0.4 is 10.1 Å². The van der Waals surface area contributed by atoms with Gasteiger partial charge in [-0.3, -0.25) is 15.4 Å². The molecule has 1 aromatic rings. The molecule has 0 aliphatic rings. The molecular weight excluding hydrogens is 252 g/mol. The molecule has 0 spiro atoms. The summed E-state index contributed by atoms with van der Waals surface area (Å²) in [5.74, 6) is 0.210. The molecule has 1 amide bonds. The summed E-state index contributed by atoms with van der Waals surface area (Å²) in [5.41, 5.74) is 0.219. The van der Waals surface area contributed by atoms with Crippen LogP contribution in [0.2, 0.25) is 0 Å². The van der Waals surface area contributed by atoms with Crippen LogP contribution in [-0.2, 0) is 4.74 Å². The zero-order valence-electron chi connectivity index (χ0n) is 10.8. The minimum absolute atomic E-state index is 0.109. The van der Waals surface area contributed by atoms with Gasteiger partial charge in [-0.05, 0) is 12.5 Å². The Morgan fingerprint density at radius 2 is 2.21 bits per heavy atom. The monoisotopic (exact) mass is 268 g/mol. The lowest BCUT2D eigenvalue weighted by atomic mass is 10.2. The number of anilines is 1. The Hall–Kier alpha value is -2.31. The molecule has 1 rings (SSSR count). The van der Waals surface area contributed by atoms with Gasteiger partial charge in [-0.1, -0.05) is 13.3 Å². The predicted molar refractivity (Wildman–Crippen MR) is 69.5 cm³/mol. The zero-order valence-corrected chi connectivity index (χ0v) is 10.8. The third-order valence-electron chi connectivity index (χ3n) is 2.36. The van der Waals surface area contributed by atoms with Crippen molar-refractivity contribution in [2.24, 2.45) is 0 Å². The fraction of sp³-hybridized carbons (Fsp3) is 0.417. The maximum atomic E-state index is 11.5. The molecule has 7 heteroatoms. The van der Waals surface area contributed by atoms with Gasteiger partial charge in [0.15, 0.2) is 0 Å². The number of amides is 1. The molecule has 0 radical (unpaired) electrons. The molecule has 1 aromatic carbocycles. The fourth-order valence-electron chi connectivity index (χ4n) is 1.35. The van der Waals surface area contributed by atoms with Crippen molar-refractivity contribution in [2.75, 3.05) is 19.0 Å². The number of benzene rings is 1. The van der Waals surface area contributed by atoms with Gasteiger partial charge in [0, 0.05) is 6.07 Å². The lowest BCUT2D eigenvalue weighted by molar-refractivity contribution is -0.384. The Balaban J connectivity index is 2.72. The molecule has 0 saturated heterocycles. The highest BCUT2D eigenvalue weighted by atomic mass is 16.6. The highest BCUT2D eigenvalue weighted by Gasteiger charge is 2.13. The number of methoxy groups -OCH3 is 1. The number of nitro groups is 1. The van der Waals surface area contributed by atoms with E-state index >= 15 is 0 Å². The molecule has 0 aliphatic heterocycles. The third kappa shape index (κ3) is 4.46. The van der Waals surface area contributed by atoms with Crippen LogP contribution in [-0.4, -0.2) is 24.7 Å². The number of hydrogen-bond donors (Lipinski definition) is 1. The number of carbonyl (C=O) groups excluding carboxylic acids is 1. The van der Waals surface area contributed by atoms with E-state index in [2.05, 4.69) is 5.32 Å². The fourth-order valence-corrected chi connectivity index (χ4v) is 1.35. The van der Waals surface area contributed by atoms with Crippen LogP contribution >= 0.6 is 0 Å². The van der Waals surface area contributed by atoms with Crippen molar-refractivity contribution in [1.29, 1.82) is 0 Å². The van der Waals surface area contributed by atoms with E-state index in [4.69, 9.17) is 9.47 Å². The van der Waals surface area contributed by atoms with E-state index in [1.165, 1.54) is 25.3 Å². The number of nitro benzene ring substituents is 1. The van der Waals surface area contributed by atoms with Crippen molar-refractivity contribution in [3.05, 3.63) is 28.3 Å². The second kappa shape index (κ2) is 7.20. The molecule has 0 unspecified atom stereocenters. The largest absolute Gasteiger partial charge is 0.494 e. The molecule has 7 nitrogen and oxygen atoms in total. The van der Waals surface area contributed by atoms with Gasteiger partial charge in [-0.15, -0.1) is 0 Å². The minimum Gasteiger partial charge on any atom is -0.494 e. The van der Waals surface area contributed by atoms with Crippen LogP contribution in [0.25, 0.3) is 0 Å². The topological polar surface area (TPSA) is 90.7 Å². The molecule has 1 N–H and O–H groups in total. The van der Waals surface area contributed by atoms with E-state index in [0.29, 0.717) is 12.3 Å². The summed E-state index contributed by atoms with van der Waals surface area (Å²) in [6.45, 7) is 2.32. The number of nitrogens with one attached hydrogen (secondary N) is 1. The quantitative estimate of drug-likeness (QED) is 0.486. The van der Waals surface area contributed by atoms with Crippen LogP contribution in [0.5, 0.6) is 5.75 Å². The SMILES string of the molecule is CCCCOC(=O)Nc1ccc([N+](=O)[O-])cc1OC. The number of carbonyl (C=O) groups is 1. The Labute approximate surface area is 110 Å². The summed E-state index contributed by atoms with van der Waals surface area (Å²) in [6.07, 6.45) is 1.10. The molecule has 0 aromatic heterocycles. The van der Waals surface area contributed by atoms with Crippen molar-refractivity contribution in [2.45, 2.75) is 19.8 Å². The molecule has 0 heterocycles. The number of rotatable bonds is 6. The van der Waals surface area contributed by atoms with Gasteiger partial charge >= 0.3 is 6.09 Å². The number of hydrogen-bond acceptors (Lipinski definition) is 5. The summed E-state index contributed by atoms with van der Waals surface area (Å²) >= 11 is 0. The second-order valence-electron chi connectivity index (χ2n) is 3.76. The molecule has 19 heavy (non-hydrogen) atoms. The van der Waals surface area contributed by atoms with Crippen LogP contribution in [0, 0.1) is 10.1 Å². The summed E-state index contributed by atoms with van der Waals surface area (Å²) in [5, 5.41) is 13.1.